The van der Waals surface area contributed by atoms with Crippen LogP contribution in [0.3, 0.4) is 0 Å². The highest BCUT2D eigenvalue weighted by atomic mass is 35.5. The predicted octanol–water partition coefficient (Wildman–Crippen LogP) is 3.33. The number of aryl methyl sites for hydroxylation is 1. The highest BCUT2D eigenvalue weighted by molar-refractivity contribution is 7.17. The molecule has 0 spiro atoms. The molecule has 122 valence electrons. The lowest BCUT2D eigenvalue weighted by molar-refractivity contribution is 0.101. The molecule has 0 radical (unpaired) electrons. The lowest BCUT2D eigenvalue weighted by Gasteiger charge is -2.03. The molecule has 3 aromatic rings. The highest BCUT2D eigenvalue weighted by Gasteiger charge is 2.17. The molecule has 0 bridgehead atoms. The molecule has 3 N–H and O–H groups in total. The number of amides is 2. The Balaban J connectivity index is 1.72. The maximum atomic E-state index is 12.3. The van der Waals surface area contributed by atoms with Crippen LogP contribution in [0, 0.1) is 6.92 Å². The Labute approximate surface area is 146 Å². The molecule has 1 aromatic carbocycles. The van der Waals surface area contributed by atoms with E-state index in [0.717, 1.165) is 11.3 Å². The smallest absolute Gasteiger partial charge is 0.275 e. The normalized spacial score (nSPS) is 10.4. The van der Waals surface area contributed by atoms with E-state index in [1.54, 1.807) is 37.3 Å². The van der Waals surface area contributed by atoms with Crippen LogP contribution in [0.15, 0.2) is 36.5 Å². The average Bonchev–Trinajstić information content (AvgIpc) is 3.19. The van der Waals surface area contributed by atoms with Gasteiger partial charge >= 0.3 is 0 Å². The average molecular weight is 362 g/mol. The number of anilines is 2. The second-order valence-electron chi connectivity index (χ2n) is 4.82. The number of rotatable bonds is 4. The number of nitrogens with one attached hydrogen (secondary N) is 3. The lowest BCUT2D eigenvalue weighted by Crippen LogP contribution is -2.12. The third kappa shape index (κ3) is 3.61. The number of hydrogen-bond acceptors (Lipinski definition) is 5. The molecule has 2 amide bonds. The first-order chi connectivity index (χ1) is 11.5. The first-order valence-electron chi connectivity index (χ1n) is 6.88. The van der Waals surface area contributed by atoms with Crippen molar-refractivity contribution >= 4 is 45.6 Å². The zero-order valence-corrected chi connectivity index (χ0v) is 14.0. The summed E-state index contributed by atoms with van der Waals surface area (Å²) < 4.78 is 0. The van der Waals surface area contributed by atoms with Crippen molar-refractivity contribution in [2.45, 2.75) is 6.92 Å². The van der Waals surface area contributed by atoms with Crippen LogP contribution in [0.1, 0.15) is 25.9 Å². The Morgan fingerprint density at radius 1 is 1.12 bits per heavy atom. The molecule has 0 fully saturated rings. The molecule has 7 nitrogen and oxygen atoms in total. The Hall–Kier alpha value is -2.71. The summed E-state index contributed by atoms with van der Waals surface area (Å²) in [5, 5.41) is 12.6. The van der Waals surface area contributed by atoms with E-state index in [9.17, 15) is 9.59 Å². The number of nitrogens with zero attached hydrogens (tertiary/aromatic N) is 2. The van der Waals surface area contributed by atoms with Gasteiger partial charge < -0.3 is 5.32 Å². The van der Waals surface area contributed by atoms with Crippen molar-refractivity contribution in [3.05, 3.63) is 57.8 Å². The lowest BCUT2D eigenvalue weighted by atomic mass is 10.3. The second kappa shape index (κ2) is 6.81. The van der Waals surface area contributed by atoms with Crippen molar-refractivity contribution in [3.8, 4) is 0 Å². The number of carbonyl (C=O) groups excluding carboxylic acids is 2. The van der Waals surface area contributed by atoms with Crippen molar-refractivity contribution in [3.63, 3.8) is 0 Å². The summed E-state index contributed by atoms with van der Waals surface area (Å²) in [7, 11) is 0. The molecule has 24 heavy (non-hydrogen) atoms. The van der Waals surface area contributed by atoms with Gasteiger partial charge in [0, 0.05) is 16.9 Å². The van der Waals surface area contributed by atoms with Crippen LogP contribution in [0.4, 0.5) is 10.8 Å². The van der Waals surface area contributed by atoms with Gasteiger partial charge in [-0.2, -0.15) is 5.10 Å². The van der Waals surface area contributed by atoms with Crippen molar-refractivity contribution in [1.29, 1.82) is 0 Å². The fraction of sp³-hybridized carbons (Fsp3) is 0.0667. The first kappa shape index (κ1) is 16.2. The van der Waals surface area contributed by atoms with Crippen LogP contribution in [0.2, 0.25) is 5.02 Å². The summed E-state index contributed by atoms with van der Waals surface area (Å²) >= 11 is 6.92. The summed E-state index contributed by atoms with van der Waals surface area (Å²) in [6.07, 6.45) is 1.48. The third-order valence-electron chi connectivity index (χ3n) is 3.07. The van der Waals surface area contributed by atoms with Crippen molar-refractivity contribution in [2.24, 2.45) is 0 Å². The van der Waals surface area contributed by atoms with Crippen molar-refractivity contribution < 1.29 is 9.59 Å². The number of H-pyrrole nitrogens is 1. The van der Waals surface area contributed by atoms with E-state index in [1.165, 1.54) is 6.20 Å². The monoisotopic (exact) mass is 361 g/mol. The van der Waals surface area contributed by atoms with Crippen LogP contribution >= 0.6 is 22.9 Å². The minimum Gasteiger partial charge on any atom is -0.321 e. The Kier molecular flexibility index (Phi) is 4.59. The van der Waals surface area contributed by atoms with Gasteiger partial charge in [-0.15, -0.1) is 0 Å². The molecule has 9 heteroatoms. The zero-order valence-electron chi connectivity index (χ0n) is 12.5. The SMILES string of the molecule is Cc1nc(NC(=O)c2ccn[nH]2)sc1C(=O)Nc1ccc(Cl)cc1. The standard InChI is InChI=1S/C15H12ClN5O2S/c1-8-12(14(23)19-10-4-2-9(16)3-5-10)24-15(18-8)20-13(22)11-6-7-17-21-11/h2-7H,1H3,(H,17,21)(H,19,23)(H,18,20,22). The number of thiazole rings is 1. The molecular weight excluding hydrogens is 350 g/mol. The van der Waals surface area contributed by atoms with E-state index in [-0.39, 0.29) is 11.8 Å². The van der Waals surface area contributed by atoms with Gasteiger partial charge in [-0.1, -0.05) is 22.9 Å². The molecule has 0 saturated carbocycles. The summed E-state index contributed by atoms with van der Waals surface area (Å²) in [5.74, 6) is -0.666. The van der Waals surface area contributed by atoms with E-state index in [4.69, 9.17) is 11.6 Å². The number of hydrogen-bond donors (Lipinski definition) is 3. The summed E-state index contributed by atoms with van der Waals surface area (Å²) in [4.78, 5) is 28.9. The van der Waals surface area contributed by atoms with Gasteiger partial charge in [0.2, 0.25) is 0 Å². The Morgan fingerprint density at radius 3 is 2.54 bits per heavy atom. The third-order valence-corrected chi connectivity index (χ3v) is 4.39. The van der Waals surface area contributed by atoms with Gasteiger partial charge in [-0.25, -0.2) is 4.98 Å². The predicted molar refractivity (Wildman–Crippen MR) is 92.8 cm³/mol. The number of aromatic amines is 1. The van der Waals surface area contributed by atoms with Crippen LogP contribution < -0.4 is 10.6 Å². The van der Waals surface area contributed by atoms with Crippen LogP contribution in [-0.2, 0) is 0 Å². The maximum absolute atomic E-state index is 12.3. The van der Waals surface area contributed by atoms with Crippen LogP contribution in [0.5, 0.6) is 0 Å². The fourth-order valence-corrected chi connectivity index (χ4v) is 2.91. The van der Waals surface area contributed by atoms with E-state index >= 15 is 0 Å². The summed E-state index contributed by atoms with van der Waals surface area (Å²) in [6.45, 7) is 1.71. The van der Waals surface area contributed by atoms with Crippen molar-refractivity contribution in [1.82, 2.24) is 15.2 Å². The number of carbonyl (C=O) groups is 2. The van der Waals surface area contributed by atoms with Gasteiger partial charge in [-0.3, -0.25) is 20.0 Å². The fourth-order valence-electron chi connectivity index (χ4n) is 1.93. The zero-order chi connectivity index (χ0) is 17.1. The first-order valence-corrected chi connectivity index (χ1v) is 8.07. The number of aromatic nitrogens is 3. The van der Waals surface area contributed by atoms with Crippen LogP contribution in [0.25, 0.3) is 0 Å². The molecule has 2 aromatic heterocycles. The molecule has 0 atom stereocenters. The quantitative estimate of drug-likeness (QED) is 0.663. The highest BCUT2D eigenvalue weighted by Crippen LogP contribution is 2.24. The number of benzene rings is 1. The maximum Gasteiger partial charge on any atom is 0.275 e. The molecule has 0 aliphatic rings. The molecule has 0 aliphatic heterocycles. The largest absolute Gasteiger partial charge is 0.321 e. The number of halogens is 1. The van der Waals surface area contributed by atoms with E-state index < -0.39 is 0 Å². The molecule has 0 aliphatic carbocycles. The molecule has 0 saturated heterocycles. The Morgan fingerprint density at radius 2 is 1.88 bits per heavy atom. The molecular formula is C15H12ClN5O2S. The van der Waals surface area contributed by atoms with E-state index in [2.05, 4.69) is 25.8 Å². The van der Waals surface area contributed by atoms with Gasteiger partial charge in [0.15, 0.2) is 5.13 Å². The topological polar surface area (TPSA) is 99.8 Å². The minimum atomic E-state index is -0.370. The van der Waals surface area contributed by atoms with Crippen LogP contribution in [-0.4, -0.2) is 27.0 Å². The van der Waals surface area contributed by atoms with Gasteiger partial charge in [0.05, 0.1) is 5.69 Å². The summed E-state index contributed by atoms with van der Waals surface area (Å²) in [5.41, 5.74) is 1.47. The van der Waals surface area contributed by atoms with Crippen molar-refractivity contribution in [2.75, 3.05) is 10.6 Å². The minimum absolute atomic E-state index is 0.297. The van der Waals surface area contributed by atoms with Gasteiger partial charge in [0.1, 0.15) is 10.6 Å². The van der Waals surface area contributed by atoms with E-state index in [1.807, 2.05) is 0 Å². The molecule has 0 unspecified atom stereocenters. The molecule has 3 rings (SSSR count). The van der Waals surface area contributed by atoms with Gasteiger partial charge in [0.25, 0.3) is 11.8 Å². The second-order valence-corrected chi connectivity index (χ2v) is 6.25. The summed E-state index contributed by atoms with van der Waals surface area (Å²) in [6, 6.07) is 8.33. The molecule has 2 heterocycles. The Bertz CT molecular complexity index is 874. The van der Waals surface area contributed by atoms with E-state index in [0.29, 0.717) is 32.1 Å². The van der Waals surface area contributed by atoms with Gasteiger partial charge in [-0.05, 0) is 37.3 Å².